The van der Waals surface area contributed by atoms with Crippen LogP contribution in [0.3, 0.4) is 0 Å². The summed E-state index contributed by atoms with van der Waals surface area (Å²) >= 11 is 0. The van der Waals surface area contributed by atoms with E-state index in [1.165, 1.54) is 6.42 Å². The van der Waals surface area contributed by atoms with Gasteiger partial charge in [0.15, 0.2) is 0 Å². The Kier molecular flexibility index (Phi) is 4.68. The Morgan fingerprint density at radius 1 is 1.30 bits per heavy atom. The van der Waals surface area contributed by atoms with Gasteiger partial charge in [0.1, 0.15) is 6.04 Å². The second-order valence-corrected chi connectivity index (χ2v) is 6.51. The summed E-state index contributed by atoms with van der Waals surface area (Å²) in [5, 5.41) is 9.42. The lowest BCUT2D eigenvalue weighted by Gasteiger charge is -2.34. The van der Waals surface area contributed by atoms with Crippen molar-refractivity contribution in [3.05, 3.63) is 0 Å². The van der Waals surface area contributed by atoms with Crippen molar-refractivity contribution in [2.45, 2.75) is 64.1 Å². The van der Waals surface area contributed by atoms with Crippen LogP contribution in [-0.4, -0.2) is 58.5 Å². The zero-order chi connectivity index (χ0) is 14.9. The molecule has 0 aromatic carbocycles. The third kappa shape index (κ3) is 2.97. The van der Waals surface area contributed by atoms with Crippen molar-refractivity contribution in [3.63, 3.8) is 0 Å². The van der Waals surface area contributed by atoms with Gasteiger partial charge in [-0.15, -0.1) is 0 Å². The highest BCUT2D eigenvalue weighted by atomic mass is 16.4. The summed E-state index contributed by atoms with van der Waals surface area (Å²) < 4.78 is 0. The maximum Gasteiger partial charge on any atom is 0.326 e. The molecule has 1 saturated carbocycles. The molecule has 20 heavy (non-hydrogen) atoms. The van der Waals surface area contributed by atoms with Crippen molar-refractivity contribution < 1.29 is 14.7 Å². The van der Waals surface area contributed by atoms with E-state index in [1.807, 2.05) is 25.8 Å². The number of hydrogen-bond donors (Lipinski definition) is 1. The molecular weight excluding hydrogens is 256 g/mol. The van der Waals surface area contributed by atoms with E-state index in [4.69, 9.17) is 0 Å². The topological polar surface area (TPSA) is 60.9 Å². The van der Waals surface area contributed by atoms with E-state index in [0.717, 1.165) is 19.3 Å². The first-order valence-electron chi connectivity index (χ1n) is 7.66. The minimum atomic E-state index is -0.847. The first-order valence-corrected chi connectivity index (χ1v) is 7.66. The van der Waals surface area contributed by atoms with E-state index in [0.29, 0.717) is 18.9 Å². The van der Waals surface area contributed by atoms with E-state index in [9.17, 15) is 14.7 Å². The Hall–Kier alpha value is -1.10. The van der Waals surface area contributed by atoms with Crippen molar-refractivity contribution in [2.24, 2.45) is 5.92 Å². The quantitative estimate of drug-likeness (QED) is 0.850. The fourth-order valence-corrected chi connectivity index (χ4v) is 3.52. The summed E-state index contributed by atoms with van der Waals surface area (Å²) in [6.45, 7) is 4.38. The number of amides is 1. The number of fused-ring (bicyclic) bond motifs is 1. The fraction of sp³-hybridized carbons (Fsp3) is 0.867. The summed E-state index contributed by atoms with van der Waals surface area (Å²) in [7, 11) is 1.91. The van der Waals surface area contributed by atoms with Crippen LogP contribution in [0.5, 0.6) is 0 Å². The molecule has 114 valence electrons. The molecule has 0 aromatic heterocycles. The number of aliphatic carboxylic acids is 1. The molecule has 0 radical (unpaired) electrons. The van der Waals surface area contributed by atoms with Gasteiger partial charge in [-0.3, -0.25) is 9.69 Å². The molecule has 5 nitrogen and oxygen atoms in total. The van der Waals surface area contributed by atoms with Crippen LogP contribution in [-0.2, 0) is 9.59 Å². The molecule has 1 amide bonds. The van der Waals surface area contributed by atoms with Gasteiger partial charge in [0.25, 0.3) is 0 Å². The Morgan fingerprint density at radius 2 is 1.95 bits per heavy atom. The van der Waals surface area contributed by atoms with Gasteiger partial charge in [-0.1, -0.05) is 12.8 Å². The largest absolute Gasteiger partial charge is 0.480 e. The monoisotopic (exact) mass is 282 g/mol. The lowest BCUT2D eigenvalue weighted by atomic mass is 9.85. The van der Waals surface area contributed by atoms with Crippen LogP contribution in [0.4, 0.5) is 0 Å². The molecule has 5 heteroatoms. The van der Waals surface area contributed by atoms with Crippen molar-refractivity contribution in [1.82, 2.24) is 9.80 Å². The molecule has 1 heterocycles. The van der Waals surface area contributed by atoms with Crippen molar-refractivity contribution in [3.8, 4) is 0 Å². The predicted octanol–water partition coefficient (Wildman–Crippen LogP) is 1.57. The van der Waals surface area contributed by atoms with Crippen molar-refractivity contribution >= 4 is 11.9 Å². The van der Waals surface area contributed by atoms with Crippen LogP contribution in [0, 0.1) is 5.92 Å². The van der Waals surface area contributed by atoms with Gasteiger partial charge in [0.2, 0.25) is 5.91 Å². The second kappa shape index (κ2) is 6.12. The second-order valence-electron chi connectivity index (χ2n) is 6.51. The van der Waals surface area contributed by atoms with Crippen LogP contribution < -0.4 is 0 Å². The number of likely N-dealkylation sites (tertiary alicyclic amines) is 1. The zero-order valence-corrected chi connectivity index (χ0v) is 12.7. The molecule has 2 rings (SSSR count). The number of carboxylic acids is 1. The first kappa shape index (κ1) is 15.3. The number of rotatable bonds is 4. The van der Waals surface area contributed by atoms with Gasteiger partial charge in [0, 0.05) is 12.1 Å². The lowest BCUT2D eigenvalue weighted by molar-refractivity contribution is -0.150. The summed E-state index contributed by atoms with van der Waals surface area (Å²) in [5.74, 6) is -0.485. The highest BCUT2D eigenvalue weighted by Crippen LogP contribution is 2.39. The molecule has 0 bridgehead atoms. The number of hydrogen-bond acceptors (Lipinski definition) is 3. The SMILES string of the molecule is CC(C)N(C)CC(=O)N1C(C(=O)O)CC2CCCCC21. The van der Waals surface area contributed by atoms with E-state index in [1.54, 1.807) is 4.90 Å². The lowest BCUT2D eigenvalue weighted by Crippen LogP contribution is -2.50. The first-order chi connectivity index (χ1) is 9.41. The standard InChI is InChI=1S/C15H26N2O3/c1-10(2)16(3)9-14(18)17-12-7-5-4-6-11(12)8-13(17)15(19)20/h10-13H,4-9H2,1-3H3,(H,19,20). The van der Waals surface area contributed by atoms with Crippen LogP contribution in [0.15, 0.2) is 0 Å². The molecule has 0 spiro atoms. The average molecular weight is 282 g/mol. The normalized spacial score (nSPS) is 29.9. The van der Waals surface area contributed by atoms with Gasteiger partial charge in [0.05, 0.1) is 6.54 Å². The molecule has 1 aliphatic carbocycles. The number of carboxylic acid groups (broad SMARTS) is 1. The average Bonchev–Trinajstić information content (AvgIpc) is 2.77. The Morgan fingerprint density at radius 3 is 2.55 bits per heavy atom. The molecular formula is C15H26N2O3. The zero-order valence-electron chi connectivity index (χ0n) is 12.7. The summed E-state index contributed by atoms with van der Waals surface area (Å²) in [4.78, 5) is 27.7. The molecule has 3 unspecified atom stereocenters. The van der Waals surface area contributed by atoms with Crippen LogP contribution in [0.25, 0.3) is 0 Å². The number of nitrogens with zero attached hydrogens (tertiary/aromatic N) is 2. The highest BCUT2D eigenvalue weighted by Gasteiger charge is 2.47. The smallest absolute Gasteiger partial charge is 0.326 e. The van der Waals surface area contributed by atoms with Crippen molar-refractivity contribution in [2.75, 3.05) is 13.6 Å². The summed E-state index contributed by atoms with van der Waals surface area (Å²) in [6, 6.07) is -0.180. The highest BCUT2D eigenvalue weighted by molar-refractivity contribution is 5.86. The summed E-state index contributed by atoms with van der Waals surface area (Å²) in [6.07, 6.45) is 4.94. The van der Waals surface area contributed by atoms with Gasteiger partial charge >= 0.3 is 5.97 Å². The van der Waals surface area contributed by atoms with Gasteiger partial charge in [-0.2, -0.15) is 0 Å². The minimum Gasteiger partial charge on any atom is -0.480 e. The predicted molar refractivity (Wildman–Crippen MR) is 76.4 cm³/mol. The van der Waals surface area contributed by atoms with Crippen molar-refractivity contribution in [1.29, 1.82) is 0 Å². The maximum absolute atomic E-state index is 12.6. The van der Waals surface area contributed by atoms with Gasteiger partial charge in [-0.25, -0.2) is 4.79 Å². The van der Waals surface area contributed by atoms with E-state index >= 15 is 0 Å². The number of likely N-dealkylation sites (N-methyl/N-ethyl adjacent to an activating group) is 1. The van der Waals surface area contributed by atoms with Crippen LogP contribution >= 0.6 is 0 Å². The van der Waals surface area contributed by atoms with E-state index < -0.39 is 12.0 Å². The summed E-state index contributed by atoms with van der Waals surface area (Å²) in [5.41, 5.74) is 0. The molecule has 0 aromatic rings. The Bertz CT molecular complexity index is 383. The number of carbonyl (C=O) groups excluding carboxylic acids is 1. The molecule has 1 N–H and O–H groups in total. The minimum absolute atomic E-state index is 0.0250. The molecule has 3 atom stereocenters. The molecule has 2 fully saturated rings. The maximum atomic E-state index is 12.6. The third-order valence-corrected chi connectivity index (χ3v) is 4.93. The van der Waals surface area contributed by atoms with Crippen LogP contribution in [0.1, 0.15) is 46.0 Å². The van der Waals surface area contributed by atoms with E-state index in [-0.39, 0.29) is 18.0 Å². The number of carbonyl (C=O) groups is 2. The fourth-order valence-electron chi connectivity index (χ4n) is 3.52. The molecule has 2 aliphatic rings. The Labute approximate surface area is 120 Å². The molecule has 1 aliphatic heterocycles. The molecule has 1 saturated heterocycles. The van der Waals surface area contributed by atoms with Crippen LogP contribution in [0.2, 0.25) is 0 Å². The third-order valence-electron chi connectivity index (χ3n) is 4.93. The van der Waals surface area contributed by atoms with Gasteiger partial charge < -0.3 is 10.0 Å². The Balaban J connectivity index is 2.12. The van der Waals surface area contributed by atoms with E-state index in [2.05, 4.69) is 0 Å². The van der Waals surface area contributed by atoms with Gasteiger partial charge in [-0.05, 0) is 46.1 Å².